The lowest BCUT2D eigenvalue weighted by Gasteiger charge is -2.05. The molecular weight excluding hydrogens is 216 g/mol. The van der Waals surface area contributed by atoms with Gasteiger partial charge in [0.15, 0.2) is 0 Å². The summed E-state index contributed by atoms with van der Waals surface area (Å²) >= 11 is 0. The lowest BCUT2D eigenvalue weighted by Crippen LogP contribution is -2.20. The number of benzene rings is 1. The number of hydrogen-bond donors (Lipinski definition) is 1. The van der Waals surface area contributed by atoms with Gasteiger partial charge in [-0.1, -0.05) is 19.1 Å². The van der Waals surface area contributed by atoms with Gasteiger partial charge in [-0.05, 0) is 18.6 Å². The van der Waals surface area contributed by atoms with Gasteiger partial charge < -0.3 is 4.98 Å². The summed E-state index contributed by atoms with van der Waals surface area (Å²) in [6, 6.07) is 7.67. The standard InChI is InChI=1S/C12H12N4O/c1-2-8-7-11(17)16(15-8)12-13-9-5-3-4-6-10(9)14-12/h3-6H,2,7H2,1H3,(H,13,14). The predicted octanol–water partition coefficient (Wildman–Crippen LogP) is 2.07. The Bertz CT molecular complexity index is 581. The fourth-order valence-corrected chi connectivity index (χ4v) is 1.88. The first-order valence-corrected chi connectivity index (χ1v) is 5.62. The van der Waals surface area contributed by atoms with Crippen molar-refractivity contribution in [2.75, 3.05) is 5.01 Å². The molecule has 2 heterocycles. The third-order valence-electron chi connectivity index (χ3n) is 2.82. The van der Waals surface area contributed by atoms with Crippen LogP contribution in [0.4, 0.5) is 5.95 Å². The number of hydrogen-bond acceptors (Lipinski definition) is 3. The van der Waals surface area contributed by atoms with Crippen LogP contribution in [0.1, 0.15) is 19.8 Å². The topological polar surface area (TPSA) is 61.4 Å². The molecule has 3 rings (SSSR count). The van der Waals surface area contributed by atoms with E-state index in [4.69, 9.17) is 0 Å². The third kappa shape index (κ3) is 1.60. The van der Waals surface area contributed by atoms with Gasteiger partial charge in [0, 0.05) is 5.71 Å². The van der Waals surface area contributed by atoms with Crippen LogP contribution in [0.5, 0.6) is 0 Å². The minimum atomic E-state index is -0.0269. The molecule has 1 N–H and O–H groups in total. The number of carbonyl (C=O) groups excluding carboxylic acids is 1. The average Bonchev–Trinajstić information content (AvgIpc) is 2.91. The molecule has 0 saturated carbocycles. The Labute approximate surface area is 98.1 Å². The van der Waals surface area contributed by atoms with Crippen LogP contribution in [0.2, 0.25) is 0 Å². The molecule has 1 aromatic carbocycles. The van der Waals surface area contributed by atoms with E-state index in [1.165, 1.54) is 5.01 Å². The first kappa shape index (κ1) is 10.0. The molecule has 0 saturated heterocycles. The number of fused-ring (bicyclic) bond motifs is 1. The van der Waals surface area contributed by atoms with E-state index < -0.39 is 0 Å². The lowest BCUT2D eigenvalue weighted by atomic mass is 10.2. The molecule has 5 heteroatoms. The minimum Gasteiger partial charge on any atom is -0.322 e. The summed E-state index contributed by atoms with van der Waals surface area (Å²) in [5.41, 5.74) is 2.65. The van der Waals surface area contributed by atoms with Gasteiger partial charge in [0.05, 0.1) is 17.5 Å². The zero-order chi connectivity index (χ0) is 11.8. The van der Waals surface area contributed by atoms with Crippen LogP contribution in [0, 0.1) is 0 Å². The summed E-state index contributed by atoms with van der Waals surface area (Å²) in [7, 11) is 0. The molecule has 2 aromatic rings. The number of amides is 1. The number of imidazole rings is 1. The highest BCUT2D eigenvalue weighted by atomic mass is 16.2. The molecule has 1 aliphatic rings. The second-order valence-corrected chi connectivity index (χ2v) is 3.98. The zero-order valence-electron chi connectivity index (χ0n) is 9.47. The van der Waals surface area contributed by atoms with E-state index in [9.17, 15) is 4.79 Å². The van der Waals surface area contributed by atoms with Crippen molar-refractivity contribution in [2.45, 2.75) is 19.8 Å². The predicted molar refractivity (Wildman–Crippen MR) is 65.9 cm³/mol. The molecule has 5 nitrogen and oxygen atoms in total. The van der Waals surface area contributed by atoms with Gasteiger partial charge in [-0.2, -0.15) is 10.1 Å². The Hall–Kier alpha value is -2.17. The second-order valence-electron chi connectivity index (χ2n) is 3.98. The maximum absolute atomic E-state index is 11.8. The van der Waals surface area contributed by atoms with Gasteiger partial charge >= 0.3 is 0 Å². The molecule has 0 fully saturated rings. The Morgan fingerprint density at radius 3 is 2.94 bits per heavy atom. The monoisotopic (exact) mass is 228 g/mol. The average molecular weight is 228 g/mol. The number of aromatic nitrogens is 2. The summed E-state index contributed by atoms with van der Waals surface area (Å²) in [5.74, 6) is 0.473. The second kappa shape index (κ2) is 3.69. The van der Waals surface area contributed by atoms with Crippen molar-refractivity contribution in [3.63, 3.8) is 0 Å². The molecule has 1 amide bonds. The Morgan fingerprint density at radius 2 is 2.24 bits per heavy atom. The van der Waals surface area contributed by atoms with Gasteiger partial charge in [0.1, 0.15) is 0 Å². The van der Waals surface area contributed by atoms with E-state index in [0.717, 1.165) is 23.2 Å². The normalized spacial score (nSPS) is 15.7. The molecule has 0 bridgehead atoms. The van der Waals surface area contributed by atoms with Gasteiger partial charge in [-0.25, -0.2) is 4.98 Å². The van der Waals surface area contributed by atoms with Crippen LogP contribution in [0.3, 0.4) is 0 Å². The molecule has 1 aromatic heterocycles. The van der Waals surface area contributed by atoms with Gasteiger partial charge in [-0.15, -0.1) is 0 Å². The van der Waals surface area contributed by atoms with Gasteiger partial charge in [-0.3, -0.25) is 4.79 Å². The fraction of sp³-hybridized carbons (Fsp3) is 0.250. The molecule has 0 spiro atoms. The van der Waals surface area contributed by atoms with Crippen LogP contribution in [-0.4, -0.2) is 21.6 Å². The number of nitrogens with one attached hydrogen (secondary N) is 1. The van der Waals surface area contributed by atoms with E-state index in [1.54, 1.807) is 0 Å². The van der Waals surface area contributed by atoms with E-state index >= 15 is 0 Å². The zero-order valence-corrected chi connectivity index (χ0v) is 9.47. The van der Waals surface area contributed by atoms with Crippen molar-refractivity contribution in [3.8, 4) is 0 Å². The number of carbonyl (C=O) groups is 1. The Balaban J connectivity index is 2.04. The van der Waals surface area contributed by atoms with Crippen molar-refractivity contribution in [2.24, 2.45) is 5.10 Å². The Kier molecular flexibility index (Phi) is 2.18. The SMILES string of the molecule is CCC1=NN(c2nc3ccccc3[nH]2)C(=O)C1. The third-order valence-corrected chi connectivity index (χ3v) is 2.82. The minimum absolute atomic E-state index is 0.0269. The maximum Gasteiger partial charge on any atom is 0.255 e. The first-order chi connectivity index (χ1) is 8.28. The van der Waals surface area contributed by atoms with E-state index in [0.29, 0.717) is 12.4 Å². The molecule has 0 atom stereocenters. The van der Waals surface area contributed by atoms with Crippen molar-refractivity contribution < 1.29 is 4.79 Å². The van der Waals surface area contributed by atoms with E-state index in [1.807, 2.05) is 31.2 Å². The highest BCUT2D eigenvalue weighted by Gasteiger charge is 2.26. The smallest absolute Gasteiger partial charge is 0.255 e. The molecule has 86 valence electrons. The number of nitrogens with zero attached hydrogens (tertiary/aromatic N) is 3. The summed E-state index contributed by atoms with van der Waals surface area (Å²) in [6.07, 6.45) is 1.19. The van der Waals surface area contributed by atoms with Crippen LogP contribution in [0.15, 0.2) is 29.4 Å². The maximum atomic E-state index is 11.8. The number of anilines is 1. The molecule has 0 radical (unpaired) electrons. The molecule has 1 aliphatic heterocycles. The summed E-state index contributed by atoms with van der Waals surface area (Å²) in [4.78, 5) is 19.2. The van der Waals surface area contributed by atoms with Crippen molar-refractivity contribution in [1.29, 1.82) is 0 Å². The van der Waals surface area contributed by atoms with Crippen LogP contribution in [-0.2, 0) is 4.79 Å². The lowest BCUT2D eigenvalue weighted by molar-refractivity contribution is -0.117. The molecular formula is C12H12N4O. The number of para-hydroxylation sites is 2. The van der Waals surface area contributed by atoms with Crippen LogP contribution in [0.25, 0.3) is 11.0 Å². The highest BCUT2D eigenvalue weighted by Crippen LogP contribution is 2.21. The fourth-order valence-electron chi connectivity index (χ4n) is 1.88. The highest BCUT2D eigenvalue weighted by molar-refractivity contribution is 6.12. The quantitative estimate of drug-likeness (QED) is 0.855. The van der Waals surface area contributed by atoms with Crippen molar-refractivity contribution >= 4 is 28.6 Å². The van der Waals surface area contributed by atoms with Gasteiger partial charge in [0.2, 0.25) is 5.95 Å². The number of hydrazone groups is 1. The summed E-state index contributed by atoms with van der Waals surface area (Å²) < 4.78 is 0. The summed E-state index contributed by atoms with van der Waals surface area (Å²) in [5, 5.41) is 5.62. The largest absolute Gasteiger partial charge is 0.322 e. The summed E-state index contributed by atoms with van der Waals surface area (Å²) in [6.45, 7) is 1.99. The molecule has 17 heavy (non-hydrogen) atoms. The number of rotatable bonds is 2. The van der Waals surface area contributed by atoms with Crippen molar-refractivity contribution in [1.82, 2.24) is 9.97 Å². The number of aromatic amines is 1. The first-order valence-electron chi connectivity index (χ1n) is 5.62. The molecule has 0 unspecified atom stereocenters. The Morgan fingerprint density at radius 1 is 1.41 bits per heavy atom. The van der Waals surface area contributed by atoms with E-state index in [2.05, 4.69) is 15.1 Å². The van der Waals surface area contributed by atoms with Crippen LogP contribution < -0.4 is 5.01 Å². The van der Waals surface area contributed by atoms with E-state index in [-0.39, 0.29) is 5.91 Å². The number of H-pyrrole nitrogens is 1. The van der Waals surface area contributed by atoms with Gasteiger partial charge in [0.25, 0.3) is 5.91 Å². The molecule has 0 aliphatic carbocycles. The van der Waals surface area contributed by atoms with Crippen molar-refractivity contribution in [3.05, 3.63) is 24.3 Å². The van der Waals surface area contributed by atoms with Crippen LogP contribution >= 0.6 is 0 Å².